The van der Waals surface area contributed by atoms with Crippen molar-refractivity contribution in [3.63, 3.8) is 0 Å². The number of hydrogen-bond acceptors (Lipinski definition) is 6. The number of aromatic nitrogens is 2. The third-order valence-electron chi connectivity index (χ3n) is 1.82. The summed E-state index contributed by atoms with van der Waals surface area (Å²) in [6, 6.07) is 1.48. The maximum absolute atomic E-state index is 10.4. The van der Waals surface area contributed by atoms with Crippen LogP contribution in [0.5, 0.6) is 0 Å². The van der Waals surface area contributed by atoms with Crippen LogP contribution < -0.4 is 11.5 Å². The molecule has 0 aliphatic heterocycles. The van der Waals surface area contributed by atoms with Crippen molar-refractivity contribution >= 4 is 29.4 Å². The third kappa shape index (κ3) is 4.35. The van der Waals surface area contributed by atoms with Crippen molar-refractivity contribution in [1.29, 1.82) is 0 Å². The maximum Gasteiger partial charge on any atom is 0.303 e. The summed E-state index contributed by atoms with van der Waals surface area (Å²) in [6.45, 7) is 1.91. The zero-order valence-corrected chi connectivity index (χ0v) is 9.70. The molecule has 0 saturated heterocycles. The van der Waals surface area contributed by atoms with E-state index in [2.05, 4.69) is 9.97 Å². The summed E-state index contributed by atoms with van der Waals surface area (Å²) < 4.78 is 0. The molecule has 1 aromatic rings. The Bertz CT molecular complexity index is 366. The number of nitrogens with zero attached hydrogens (tertiary/aromatic N) is 2. The van der Waals surface area contributed by atoms with Crippen molar-refractivity contribution in [2.24, 2.45) is 0 Å². The lowest BCUT2D eigenvalue weighted by atomic mass is 10.2. The van der Waals surface area contributed by atoms with Crippen LogP contribution in [0.25, 0.3) is 0 Å². The highest BCUT2D eigenvalue weighted by Gasteiger charge is 2.10. The lowest BCUT2D eigenvalue weighted by molar-refractivity contribution is -0.137. The smallest absolute Gasteiger partial charge is 0.303 e. The monoisotopic (exact) mass is 242 g/mol. The zero-order chi connectivity index (χ0) is 12.1. The van der Waals surface area contributed by atoms with E-state index in [1.807, 2.05) is 6.92 Å². The Morgan fingerprint density at radius 3 is 2.56 bits per heavy atom. The van der Waals surface area contributed by atoms with Crippen molar-refractivity contribution in [2.45, 2.75) is 30.2 Å². The van der Waals surface area contributed by atoms with Crippen molar-refractivity contribution in [1.82, 2.24) is 9.97 Å². The molecule has 0 aromatic carbocycles. The number of carboxylic acid groups (broad SMARTS) is 1. The molecule has 0 aliphatic rings. The van der Waals surface area contributed by atoms with Gasteiger partial charge >= 0.3 is 5.97 Å². The van der Waals surface area contributed by atoms with E-state index in [9.17, 15) is 4.79 Å². The van der Waals surface area contributed by atoms with Crippen LogP contribution in [0.1, 0.15) is 19.8 Å². The Balaban J connectivity index is 2.55. The number of thioether (sulfide) groups is 1. The fourth-order valence-electron chi connectivity index (χ4n) is 1.08. The van der Waals surface area contributed by atoms with Crippen LogP contribution in [0.2, 0.25) is 0 Å². The first-order chi connectivity index (χ1) is 7.47. The molecule has 1 heterocycles. The van der Waals surface area contributed by atoms with Gasteiger partial charge in [-0.3, -0.25) is 4.79 Å². The van der Waals surface area contributed by atoms with Gasteiger partial charge in [0.2, 0.25) is 0 Å². The first-order valence-corrected chi connectivity index (χ1v) is 5.64. The van der Waals surface area contributed by atoms with E-state index < -0.39 is 5.97 Å². The van der Waals surface area contributed by atoms with Gasteiger partial charge in [0.05, 0.1) is 0 Å². The molecular formula is C9H14N4O2S. The van der Waals surface area contributed by atoms with E-state index in [-0.39, 0.29) is 11.7 Å². The molecule has 0 bridgehead atoms. The predicted octanol–water partition coefficient (Wildman–Crippen LogP) is 0.986. The molecule has 0 amide bonds. The Morgan fingerprint density at radius 1 is 1.50 bits per heavy atom. The van der Waals surface area contributed by atoms with Gasteiger partial charge in [0.15, 0.2) is 5.16 Å². The minimum absolute atomic E-state index is 0.109. The van der Waals surface area contributed by atoms with Gasteiger partial charge in [0.1, 0.15) is 11.6 Å². The Morgan fingerprint density at radius 2 is 2.06 bits per heavy atom. The van der Waals surface area contributed by atoms with Gasteiger partial charge in [-0.25, -0.2) is 9.97 Å². The molecule has 0 aliphatic carbocycles. The topological polar surface area (TPSA) is 115 Å². The van der Waals surface area contributed by atoms with Crippen LogP contribution in [-0.4, -0.2) is 26.3 Å². The highest BCUT2D eigenvalue weighted by Crippen LogP contribution is 2.24. The first-order valence-electron chi connectivity index (χ1n) is 4.76. The predicted molar refractivity (Wildman–Crippen MR) is 63.0 cm³/mol. The maximum atomic E-state index is 10.4. The first kappa shape index (κ1) is 12.6. The Hall–Kier alpha value is -1.50. The zero-order valence-electron chi connectivity index (χ0n) is 8.88. The lowest BCUT2D eigenvalue weighted by Crippen LogP contribution is -2.05. The molecule has 7 heteroatoms. The third-order valence-corrected chi connectivity index (χ3v) is 2.85. The van der Waals surface area contributed by atoms with Gasteiger partial charge in [-0.15, -0.1) is 0 Å². The standard InChI is InChI=1S/C9H14N4O2S/c1-5(2-3-8(14)15)16-9-12-6(10)4-7(11)13-9/h4-5H,2-3H2,1H3,(H,14,15)(H4,10,11,12,13). The molecule has 6 nitrogen and oxygen atoms in total. The van der Waals surface area contributed by atoms with Crippen LogP contribution in [0.15, 0.2) is 11.2 Å². The molecule has 5 N–H and O–H groups in total. The second-order valence-electron chi connectivity index (χ2n) is 3.36. The number of aliphatic carboxylic acids is 1. The van der Waals surface area contributed by atoms with E-state index in [0.29, 0.717) is 23.2 Å². The molecule has 0 fully saturated rings. The molecule has 88 valence electrons. The Labute approximate surface area is 97.5 Å². The molecule has 0 spiro atoms. The fourth-order valence-corrected chi connectivity index (χ4v) is 1.99. The second-order valence-corrected chi connectivity index (χ2v) is 4.77. The van der Waals surface area contributed by atoms with Crippen LogP contribution in [-0.2, 0) is 4.79 Å². The SMILES string of the molecule is CC(CCC(=O)O)Sc1nc(N)cc(N)n1. The minimum atomic E-state index is -0.805. The fraction of sp³-hybridized carbons (Fsp3) is 0.444. The van der Waals surface area contributed by atoms with E-state index in [1.54, 1.807) is 0 Å². The summed E-state index contributed by atoms with van der Waals surface area (Å²) in [5.41, 5.74) is 11.0. The number of anilines is 2. The number of rotatable bonds is 5. The summed E-state index contributed by atoms with van der Waals surface area (Å²) in [4.78, 5) is 18.4. The normalized spacial score (nSPS) is 12.3. The Kier molecular flexibility index (Phi) is 4.36. The number of hydrogen-bond donors (Lipinski definition) is 3. The molecule has 1 unspecified atom stereocenters. The van der Waals surface area contributed by atoms with Crippen molar-refractivity contribution in [3.8, 4) is 0 Å². The van der Waals surface area contributed by atoms with E-state index >= 15 is 0 Å². The van der Waals surface area contributed by atoms with Gasteiger partial charge in [-0.1, -0.05) is 18.7 Å². The van der Waals surface area contributed by atoms with Crippen LogP contribution in [0, 0.1) is 0 Å². The van der Waals surface area contributed by atoms with Gasteiger partial charge in [-0.2, -0.15) is 0 Å². The average Bonchev–Trinajstić information content (AvgIpc) is 2.12. The highest BCUT2D eigenvalue weighted by molar-refractivity contribution is 7.99. The van der Waals surface area contributed by atoms with Crippen LogP contribution in [0.3, 0.4) is 0 Å². The largest absolute Gasteiger partial charge is 0.481 e. The summed E-state index contributed by atoms with van der Waals surface area (Å²) in [7, 11) is 0. The van der Waals surface area contributed by atoms with Crippen LogP contribution >= 0.6 is 11.8 Å². The number of carbonyl (C=O) groups is 1. The van der Waals surface area contributed by atoms with Gasteiger partial charge in [0, 0.05) is 17.7 Å². The molecule has 16 heavy (non-hydrogen) atoms. The van der Waals surface area contributed by atoms with Crippen molar-refractivity contribution < 1.29 is 9.90 Å². The molecule has 1 aromatic heterocycles. The van der Waals surface area contributed by atoms with Gasteiger partial charge in [0.25, 0.3) is 0 Å². The summed E-state index contributed by atoms with van der Waals surface area (Å²) in [5, 5.41) is 9.13. The summed E-state index contributed by atoms with van der Waals surface area (Å²) >= 11 is 1.37. The summed E-state index contributed by atoms with van der Waals surface area (Å²) in [5.74, 6) is -0.165. The minimum Gasteiger partial charge on any atom is -0.481 e. The second kappa shape index (κ2) is 5.55. The average molecular weight is 242 g/mol. The van der Waals surface area contributed by atoms with E-state index in [4.69, 9.17) is 16.6 Å². The van der Waals surface area contributed by atoms with E-state index in [1.165, 1.54) is 17.8 Å². The molecule has 0 saturated carbocycles. The van der Waals surface area contributed by atoms with Gasteiger partial charge < -0.3 is 16.6 Å². The molecule has 1 rings (SSSR count). The number of carboxylic acids is 1. The van der Waals surface area contributed by atoms with Gasteiger partial charge in [-0.05, 0) is 6.42 Å². The quantitative estimate of drug-likeness (QED) is 0.520. The van der Waals surface area contributed by atoms with E-state index in [0.717, 1.165) is 0 Å². The number of nitrogens with two attached hydrogens (primary N) is 2. The number of nitrogen functional groups attached to an aromatic ring is 2. The summed E-state index contributed by atoms with van der Waals surface area (Å²) in [6.07, 6.45) is 0.685. The highest BCUT2D eigenvalue weighted by atomic mass is 32.2. The molecule has 1 atom stereocenters. The molecule has 0 radical (unpaired) electrons. The molecular weight excluding hydrogens is 228 g/mol. The van der Waals surface area contributed by atoms with Crippen molar-refractivity contribution in [2.75, 3.05) is 11.5 Å². The van der Waals surface area contributed by atoms with Crippen LogP contribution in [0.4, 0.5) is 11.6 Å². The lowest BCUT2D eigenvalue weighted by Gasteiger charge is -2.08. The van der Waals surface area contributed by atoms with Crippen molar-refractivity contribution in [3.05, 3.63) is 6.07 Å².